The van der Waals surface area contributed by atoms with Crippen LogP contribution in [-0.4, -0.2) is 55.7 Å². The summed E-state index contributed by atoms with van der Waals surface area (Å²) in [7, 11) is 0. The lowest BCUT2D eigenvalue weighted by Gasteiger charge is -2.37. The summed E-state index contributed by atoms with van der Waals surface area (Å²) in [5, 5.41) is 5.58. The van der Waals surface area contributed by atoms with Gasteiger partial charge < -0.3 is 10.6 Å². The van der Waals surface area contributed by atoms with Gasteiger partial charge in [-0.15, -0.1) is 0 Å². The van der Waals surface area contributed by atoms with Crippen LogP contribution in [0.5, 0.6) is 0 Å². The lowest BCUT2D eigenvalue weighted by Crippen LogP contribution is -2.58. The molecule has 1 unspecified atom stereocenters. The summed E-state index contributed by atoms with van der Waals surface area (Å²) < 4.78 is 54.3. The molecule has 1 aliphatic carbocycles. The highest BCUT2D eigenvalue weighted by Crippen LogP contribution is 2.41. The zero-order valence-electron chi connectivity index (χ0n) is 15.1. The molecule has 2 aliphatic rings. The van der Waals surface area contributed by atoms with Gasteiger partial charge >= 0.3 is 6.18 Å². The summed E-state index contributed by atoms with van der Waals surface area (Å²) >= 11 is 0. The van der Waals surface area contributed by atoms with Gasteiger partial charge in [0, 0.05) is 32.7 Å². The first kappa shape index (κ1) is 20.1. The predicted molar refractivity (Wildman–Crippen MR) is 93.8 cm³/mol. The zero-order valence-corrected chi connectivity index (χ0v) is 15.1. The molecule has 8 heteroatoms. The van der Waals surface area contributed by atoms with Crippen LogP contribution >= 0.6 is 0 Å². The number of hydrogen-bond acceptors (Lipinski definition) is 3. The van der Waals surface area contributed by atoms with Crippen LogP contribution in [0.4, 0.5) is 17.6 Å². The summed E-state index contributed by atoms with van der Waals surface area (Å²) in [6, 6.07) is 4.13. The van der Waals surface area contributed by atoms with E-state index in [0.717, 1.165) is 12.8 Å². The lowest BCUT2D eigenvalue weighted by atomic mass is 9.78. The fraction of sp³-hybridized carbons (Fsp3) is 0.632. The SMILES string of the molecule is O=C(NCC(N1CCNCC1)C(F)(F)F)C1(c2cccc(F)c2)CCCC1. The summed E-state index contributed by atoms with van der Waals surface area (Å²) in [6.07, 6.45) is -1.79. The Morgan fingerprint density at radius 3 is 2.48 bits per heavy atom. The number of halogens is 4. The van der Waals surface area contributed by atoms with Crippen LogP contribution in [0.25, 0.3) is 0 Å². The maximum atomic E-state index is 13.7. The van der Waals surface area contributed by atoms with E-state index in [0.29, 0.717) is 31.5 Å². The molecule has 27 heavy (non-hydrogen) atoms. The maximum absolute atomic E-state index is 13.7. The molecule has 1 aromatic rings. The van der Waals surface area contributed by atoms with Gasteiger partial charge in [-0.2, -0.15) is 13.2 Å². The van der Waals surface area contributed by atoms with E-state index in [1.54, 1.807) is 6.07 Å². The second-order valence-corrected chi connectivity index (χ2v) is 7.35. The van der Waals surface area contributed by atoms with Gasteiger partial charge in [0.05, 0.1) is 5.41 Å². The van der Waals surface area contributed by atoms with Crippen LogP contribution in [-0.2, 0) is 10.2 Å². The van der Waals surface area contributed by atoms with Gasteiger partial charge in [0.2, 0.25) is 5.91 Å². The van der Waals surface area contributed by atoms with Crippen LogP contribution in [0.2, 0.25) is 0 Å². The number of nitrogens with one attached hydrogen (secondary N) is 2. The number of hydrogen-bond donors (Lipinski definition) is 2. The third-order valence-electron chi connectivity index (χ3n) is 5.70. The summed E-state index contributed by atoms with van der Waals surface area (Å²) in [6.45, 7) is 1.07. The molecule has 4 nitrogen and oxygen atoms in total. The van der Waals surface area contributed by atoms with E-state index in [4.69, 9.17) is 0 Å². The molecule has 0 radical (unpaired) electrons. The van der Waals surface area contributed by atoms with Crippen LogP contribution in [0.1, 0.15) is 31.2 Å². The molecule has 1 saturated heterocycles. The molecule has 2 N–H and O–H groups in total. The smallest absolute Gasteiger partial charge is 0.353 e. The number of amides is 1. The highest BCUT2D eigenvalue weighted by atomic mass is 19.4. The van der Waals surface area contributed by atoms with Crippen molar-refractivity contribution in [2.75, 3.05) is 32.7 Å². The van der Waals surface area contributed by atoms with Crippen molar-refractivity contribution in [3.05, 3.63) is 35.6 Å². The molecule has 0 aromatic heterocycles. The highest BCUT2D eigenvalue weighted by Gasteiger charge is 2.46. The van der Waals surface area contributed by atoms with Gasteiger partial charge in [0.25, 0.3) is 0 Å². The molecule has 1 aromatic carbocycles. The average molecular weight is 387 g/mol. The molecule has 3 rings (SSSR count). The van der Waals surface area contributed by atoms with Gasteiger partial charge in [-0.25, -0.2) is 4.39 Å². The normalized spacial score (nSPS) is 21.8. The largest absolute Gasteiger partial charge is 0.405 e. The van der Waals surface area contributed by atoms with Crippen LogP contribution in [0.15, 0.2) is 24.3 Å². The summed E-state index contributed by atoms with van der Waals surface area (Å²) in [5.41, 5.74) is -0.398. The second-order valence-electron chi connectivity index (χ2n) is 7.35. The maximum Gasteiger partial charge on any atom is 0.405 e. The van der Waals surface area contributed by atoms with Crippen LogP contribution in [0, 0.1) is 5.82 Å². The average Bonchev–Trinajstić information content (AvgIpc) is 3.13. The fourth-order valence-electron chi connectivity index (χ4n) is 4.22. The number of benzene rings is 1. The Hall–Kier alpha value is -1.67. The van der Waals surface area contributed by atoms with Gasteiger partial charge in [0.15, 0.2) is 0 Å². The van der Waals surface area contributed by atoms with E-state index in [1.165, 1.54) is 23.1 Å². The molecule has 0 bridgehead atoms. The van der Waals surface area contributed by atoms with Gasteiger partial charge in [-0.3, -0.25) is 9.69 Å². The first-order valence-corrected chi connectivity index (χ1v) is 9.39. The Morgan fingerprint density at radius 2 is 1.89 bits per heavy atom. The quantitative estimate of drug-likeness (QED) is 0.764. The van der Waals surface area contributed by atoms with E-state index in [2.05, 4.69) is 10.6 Å². The number of rotatable bonds is 5. The molecule has 150 valence electrons. The third-order valence-corrected chi connectivity index (χ3v) is 5.70. The van der Waals surface area contributed by atoms with Gasteiger partial charge in [0.1, 0.15) is 11.9 Å². The second kappa shape index (κ2) is 8.14. The van der Waals surface area contributed by atoms with Crippen molar-refractivity contribution in [2.45, 2.75) is 43.3 Å². The Balaban J connectivity index is 1.75. The van der Waals surface area contributed by atoms with Crippen molar-refractivity contribution < 1.29 is 22.4 Å². The molecule has 1 aliphatic heterocycles. The fourth-order valence-corrected chi connectivity index (χ4v) is 4.22. The van der Waals surface area contributed by atoms with Crippen molar-refractivity contribution in [3.8, 4) is 0 Å². The molecule has 1 heterocycles. The van der Waals surface area contributed by atoms with Crippen LogP contribution in [0.3, 0.4) is 0 Å². The van der Waals surface area contributed by atoms with Crippen molar-refractivity contribution in [1.29, 1.82) is 0 Å². The number of carbonyl (C=O) groups is 1. The zero-order chi connectivity index (χ0) is 19.5. The molecule has 1 saturated carbocycles. The summed E-state index contributed by atoms with van der Waals surface area (Å²) in [4.78, 5) is 14.3. The van der Waals surface area contributed by atoms with Crippen molar-refractivity contribution in [3.63, 3.8) is 0 Å². The minimum atomic E-state index is -4.42. The Labute approximate surface area is 156 Å². The van der Waals surface area contributed by atoms with Crippen molar-refractivity contribution in [2.24, 2.45) is 0 Å². The standard InChI is InChI=1S/C19H25F4N3O/c20-15-5-3-4-14(12-15)18(6-1-2-7-18)17(27)25-13-16(19(21,22)23)26-10-8-24-9-11-26/h3-5,12,16,24H,1-2,6-11,13H2,(H,25,27). The molecule has 2 fully saturated rings. The van der Waals surface area contributed by atoms with Crippen molar-refractivity contribution >= 4 is 5.91 Å². The molecular formula is C19H25F4N3O. The molecular weight excluding hydrogens is 362 g/mol. The van der Waals surface area contributed by atoms with E-state index in [1.807, 2.05) is 0 Å². The summed E-state index contributed by atoms with van der Waals surface area (Å²) in [5.74, 6) is -0.879. The van der Waals surface area contributed by atoms with E-state index >= 15 is 0 Å². The third kappa shape index (κ3) is 4.43. The first-order chi connectivity index (χ1) is 12.8. The topological polar surface area (TPSA) is 44.4 Å². The van der Waals surface area contributed by atoms with Crippen LogP contribution < -0.4 is 10.6 Å². The van der Waals surface area contributed by atoms with Gasteiger partial charge in [-0.1, -0.05) is 25.0 Å². The molecule has 1 atom stereocenters. The van der Waals surface area contributed by atoms with E-state index in [9.17, 15) is 22.4 Å². The number of alkyl halides is 3. The van der Waals surface area contributed by atoms with E-state index in [-0.39, 0.29) is 13.1 Å². The first-order valence-electron chi connectivity index (χ1n) is 9.39. The molecule has 0 spiro atoms. The van der Waals surface area contributed by atoms with Gasteiger partial charge in [-0.05, 0) is 30.5 Å². The van der Waals surface area contributed by atoms with E-state index < -0.39 is 35.9 Å². The highest BCUT2D eigenvalue weighted by molar-refractivity contribution is 5.88. The number of piperazine rings is 1. The minimum Gasteiger partial charge on any atom is -0.353 e. The minimum absolute atomic E-state index is 0.287. The number of nitrogens with zero attached hydrogens (tertiary/aromatic N) is 1. The Bertz CT molecular complexity index is 653. The Morgan fingerprint density at radius 1 is 1.22 bits per heavy atom. The molecule has 1 amide bonds. The lowest BCUT2D eigenvalue weighted by molar-refractivity contribution is -0.184. The monoisotopic (exact) mass is 387 g/mol. The van der Waals surface area contributed by atoms with Crippen molar-refractivity contribution in [1.82, 2.24) is 15.5 Å². The Kier molecular flexibility index (Phi) is 6.05. The number of carbonyl (C=O) groups excluding carboxylic acids is 1. The predicted octanol–water partition coefficient (Wildman–Crippen LogP) is 2.59.